The fraction of sp³-hybridized carbons (Fsp3) is 0.0526. The third kappa shape index (κ3) is 4.09. The molecule has 0 bridgehead atoms. The molecule has 0 saturated carbocycles. The maximum absolute atomic E-state index is 12.6. The molecule has 2 aromatic heterocycles. The van der Waals surface area contributed by atoms with Crippen LogP contribution in [0.3, 0.4) is 0 Å². The van der Waals surface area contributed by atoms with E-state index in [1.165, 1.54) is 6.07 Å². The molecule has 28 heavy (non-hydrogen) atoms. The molecule has 1 N–H and O–H groups in total. The van der Waals surface area contributed by atoms with Gasteiger partial charge >= 0.3 is 0 Å². The first-order chi connectivity index (χ1) is 13.5. The lowest BCUT2D eigenvalue weighted by atomic mass is 10.2. The van der Waals surface area contributed by atoms with Gasteiger partial charge in [0.15, 0.2) is 0 Å². The highest BCUT2D eigenvalue weighted by atomic mass is 35.5. The zero-order valence-electron chi connectivity index (χ0n) is 14.4. The first kappa shape index (κ1) is 18.7. The molecule has 4 aromatic rings. The van der Waals surface area contributed by atoms with E-state index in [1.807, 2.05) is 24.3 Å². The molecule has 6 nitrogen and oxygen atoms in total. The van der Waals surface area contributed by atoms with Crippen LogP contribution in [-0.4, -0.2) is 18.4 Å². The summed E-state index contributed by atoms with van der Waals surface area (Å²) in [5.41, 5.74) is 2.14. The van der Waals surface area contributed by atoms with E-state index in [9.17, 15) is 8.42 Å². The number of aromatic nitrogens is 2. The molecule has 0 radical (unpaired) electrons. The van der Waals surface area contributed by atoms with Crippen LogP contribution >= 0.6 is 22.9 Å². The summed E-state index contributed by atoms with van der Waals surface area (Å²) in [5.74, 6) is 0.329. The van der Waals surface area contributed by atoms with Crippen LogP contribution in [0.15, 0.2) is 70.3 Å². The first-order valence-electron chi connectivity index (χ1n) is 8.26. The summed E-state index contributed by atoms with van der Waals surface area (Å²) >= 11 is 7.04. The minimum absolute atomic E-state index is 0.0982. The van der Waals surface area contributed by atoms with Crippen molar-refractivity contribution in [2.45, 2.75) is 10.8 Å². The van der Waals surface area contributed by atoms with Crippen molar-refractivity contribution in [3.05, 3.63) is 81.9 Å². The highest BCUT2D eigenvalue weighted by molar-refractivity contribution is 7.94. The Balaban J connectivity index is 1.69. The molecular formula is C19H14ClN4O2S2-. The number of fused-ring (bicyclic) bond motifs is 1. The Hall–Kier alpha value is -2.68. The number of nitrogens with one attached hydrogen (secondary N) is 1. The predicted molar refractivity (Wildman–Crippen MR) is 113 cm³/mol. The van der Waals surface area contributed by atoms with Crippen LogP contribution in [-0.2, 0) is 16.6 Å². The molecule has 0 unspecified atom stereocenters. The number of rotatable bonds is 6. The van der Waals surface area contributed by atoms with Crippen LogP contribution in [0, 0.1) is 0 Å². The molecule has 0 aliphatic rings. The number of sulfonamides is 1. The quantitative estimate of drug-likeness (QED) is 0.447. The number of halogens is 1. The maximum atomic E-state index is 12.6. The molecule has 0 fully saturated rings. The zero-order chi connectivity index (χ0) is 19.6. The molecule has 2 aromatic carbocycles. The van der Waals surface area contributed by atoms with Gasteiger partial charge in [0.1, 0.15) is 10.0 Å². The Morgan fingerprint density at radius 2 is 1.68 bits per heavy atom. The standard InChI is InChI=1S/C19H14ClN4O2S2/c20-14-9-7-13(8-10-14)12-21-18-19(23-16-5-2-1-4-15(16)22-18)24-28(25,26)17-6-3-11-27-17/h1-11H,12H2,(H-,21,22,23,24)/q-1. The average Bonchev–Trinajstić information content (AvgIpc) is 3.23. The molecule has 0 aliphatic carbocycles. The number of hydrogen-bond acceptors (Lipinski definition) is 5. The van der Waals surface area contributed by atoms with Crippen LogP contribution in [0.5, 0.6) is 0 Å². The van der Waals surface area contributed by atoms with Crippen molar-refractivity contribution in [1.29, 1.82) is 0 Å². The number of para-hydroxylation sites is 2. The number of thiophene rings is 1. The van der Waals surface area contributed by atoms with E-state index in [1.54, 1.807) is 35.7 Å². The van der Waals surface area contributed by atoms with Gasteiger partial charge in [-0.05, 0) is 53.1 Å². The van der Waals surface area contributed by atoms with E-state index in [2.05, 4.69) is 20.0 Å². The zero-order valence-corrected chi connectivity index (χ0v) is 16.8. The predicted octanol–water partition coefficient (Wildman–Crippen LogP) is 5.35. The second-order valence-electron chi connectivity index (χ2n) is 5.86. The minimum Gasteiger partial charge on any atom is -0.458 e. The van der Waals surface area contributed by atoms with Crippen LogP contribution in [0.25, 0.3) is 16.4 Å². The second kappa shape index (κ2) is 7.75. The molecule has 0 amide bonds. The van der Waals surface area contributed by atoms with Crippen LogP contribution in [0.4, 0.5) is 11.6 Å². The van der Waals surface area contributed by atoms with Gasteiger partial charge in [0.05, 0.1) is 5.52 Å². The Kier molecular flexibility index (Phi) is 5.17. The fourth-order valence-corrected chi connectivity index (χ4v) is 4.64. The summed E-state index contributed by atoms with van der Waals surface area (Å²) in [7, 11) is -3.76. The maximum Gasteiger partial charge on any atom is 0.272 e. The van der Waals surface area contributed by atoms with Crippen LogP contribution in [0.1, 0.15) is 5.56 Å². The summed E-state index contributed by atoms with van der Waals surface area (Å²) in [6.07, 6.45) is 0. The molecule has 0 atom stereocenters. The smallest absolute Gasteiger partial charge is 0.272 e. The van der Waals surface area contributed by atoms with Gasteiger partial charge in [-0.1, -0.05) is 48.0 Å². The van der Waals surface area contributed by atoms with Gasteiger partial charge < -0.3 is 10.3 Å². The Morgan fingerprint density at radius 3 is 2.36 bits per heavy atom. The number of benzene rings is 2. The van der Waals surface area contributed by atoms with Gasteiger partial charge in [-0.3, -0.25) is 4.72 Å². The molecule has 0 aliphatic heterocycles. The summed E-state index contributed by atoms with van der Waals surface area (Å²) in [6, 6.07) is 17.7. The molecule has 2 heterocycles. The molecular weight excluding hydrogens is 416 g/mol. The molecule has 0 saturated heterocycles. The lowest BCUT2D eigenvalue weighted by Crippen LogP contribution is -2.13. The summed E-state index contributed by atoms with van der Waals surface area (Å²) in [4.78, 5) is 8.93. The van der Waals surface area contributed by atoms with E-state index in [-0.39, 0.29) is 15.8 Å². The van der Waals surface area contributed by atoms with E-state index >= 15 is 0 Å². The van der Waals surface area contributed by atoms with Crippen LogP contribution in [0.2, 0.25) is 5.02 Å². The van der Waals surface area contributed by atoms with Gasteiger partial charge in [-0.2, -0.15) is 0 Å². The van der Waals surface area contributed by atoms with Crippen molar-refractivity contribution in [2.24, 2.45) is 0 Å². The average molecular weight is 430 g/mol. The van der Waals surface area contributed by atoms with Crippen molar-refractivity contribution >= 4 is 55.6 Å². The lowest BCUT2D eigenvalue weighted by molar-refractivity contribution is 0.603. The van der Waals surface area contributed by atoms with E-state index in [4.69, 9.17) is 11.6 Å². The van der Waals surface area contributed by atoms with Crippen molar-refractivity contribution in [3.63, 3.8) is 0 Å². The van der Waals surface area contributed by atoms with Crippen molar-refractivity contribution in [2.75, 3.05) is 4.72 Å². The molecule has 0 spiro atoms. The topological polar surface area (TPSA) is 86.1 Å². The molecule has 142 valence electrons. The van der Waals surface area contributed by atoms with E-state index in [0.29, 0.717) is 22.6 Å². The number of hydrogen-bond donors (Lipinski definition) is 1. The Morgan fingerprint density at radius 1 is 0.964 bits per heavy atom. The largest absolute Gasteiger partial charge is 0.458 e. The first-order valence-corrected chi connectivity index (χ1v) is 11.0. The van der Waals surface area contributed by atoms with Crippen LogP contribution < -0.4 is 4.72 Å². The lowest BCUT2D eigenvalue weighted by Gasteiger charge is -2.21. The van der Waals surface area contributed by atoms with Gasteiger partial charge in [0, 0.05) is 5.02 Å². The van der Waals surface area contributed by atoms with Gasteiger partial charge in [0.2, 0.25) is 0 Å². The Bertz CT molecular complexity index is 1210. The minimum atomic E-state index is -3.76. The van der Waals surface area contributed by atoms with Crippen molar-refractivity contribution in [1.82, 2.24) is 9.97 Å². The highest BCUT2D eigenvalue weighted by Gasteiger charge is 2.17. The third-order valence-corrected chi connectivity index (χ3v) is 6.86. The second-order valence-corrected chi connectivity index (χ2v) is 9.16. The fourth-order valence-electron chi connectivity index (χ4n) is 2.52. The van der Waals surface area contributed by atoms with Gasteiger partial charge in [0.25, 0.3) is 10.0 Å². The number of anilines is 1. The third-order valence-electron chi connectivity index (χ3n) is 3.87. The molecule has 9 heteroatoms. The highest BCUT2D eigenvalue weighted by Crippen LogP contribution is 2.31. The normalized spacial score (nSPS) is 11.5. The van der Waals surface area contributed by atoms with Gasteiger partial charge in [-0.15, -0.1) is 11.3 Å². The summed E-state index contributed by atoms with van der Waals surface area (Å²) in [6.45, 7) is 0.317. The Labute approximate surface area is 171 Å². The monoisotopic (exact) mass is 429 g/mol. The van der Waals surface area contributed by atoms with E-state index < -0.39 is 10.0 Å². The van der Waals surface area contributed by atoms with Crippen molar-refractivity contribution in [3.8, 4) is 0 Å². The van der Waals surface area contributed by atoms with Crippen molar-refractivity contribution < 1.29 is 8.42 Å². The molecule has 4 rings (SSSR count). The number of nitrogens with zero attached hydrogens (tertiary/aromatic N) is 3. The van der Waals surface area contributed by atoms with E-state index in [0.717, 1.165) is 16.9 Å². The van der Waals surface area contributed by atoms with Gasteiger partial charge in [-0.25, -0.2) is 13.4 Å². The summed E-state index contributed by atoms with van der Waals surface area (Å²) in [5, 5.41) is 6.82. The SMILES string of the molecule is O=S(=O)(Nc1nc2ccccc2nc1[N-]Cc1ccc(Cl)cc1)c1cccs1. The summed E-state index contributed by atoms with van der Waals surface area (Å²) < 4.78 is 28.0.